The summed E-state index contributed by atoms with van der Waals surface area (Å²) in [5.74, 6) is 4.35. The van der Waals surface area contributed by atoms with Gasteiger partial charge in [0.2, 0.25) is 23.8 Å². The molecule has 4 aliphatic rings. The summed E-state index contributed by atoms with van der Waals surface area (Å²) in [6, 6.07) is 51.5. The number of para-hydroxylation sites is 3. The summed E-state index contributed by atoms with van der Waals surface area (Å²) in [6.07, 6.45) is 7.99. The SMILES string of the molecule is CCN1CCN(C2CCN(c3ccc(Nc4ncc(Cl)c(Nc5ccccc5P(C)(C)=O)n4)c(OC(C)C)c3)CC2)CC1.COc1cc(N2CCN(C)CC2)ccc1Nc1ncc(Cl)c(Nc2ccc(P(C)(C)=O)cc2P(C)(C)=O)n1.COc1cc(N2CCN(C)CC2)ccc1Nc1ncc(F)c(Nc2ccccc2P(C)(C)=O)n1.COc1cc(P(C)(C)=O)ccc1Nc1ncc(Cl)c(Nc2ccccc2P(C)(C)=O)n1. The second kappa shape index (κ2) is 49.5. The zero-order valence-corrected chi connectivity index (χ0v) is 94.2. The fraction of sp³-hybridized carbons (Fsp3) is 0.379. The van der Waals surface area contributed by atoms with Crippen molar-refractivity contribution in [2.75, 3.05) is 271 Å². The number of aromatic nitrogens is 8. The first-order chi connectivity index (χ1) is 69.2. The predicted octanol–water partition coefficient (Wildman–Crippen LogP) is 20.4. The van der Waals surface area contributed by atoms with E-state index in [9.17, 15) is 31.8 Å². The summed E-state index contributed by atoms with van der Waals surface area (Å²) in [6.45, 7) is 42.6. The predicted molar refractivity (Wildman–Crippen MR) is 609 cm³/mol. The van der Waals surface area contributed by atoms with E-state index in [-0.39, 0.29) is 17.9 Å². The molecular formula is C103H135Cl3FN23O10P6. The highest BCUT2D eigenvalue weighted by molar-refractivity contribution is 7.72. The van der Waals surface area contributed by atoms with Crippen LogP contribution in [0.25, 0.3) is 0 Å². The van der Waals surface area contributed by atoms with Gasteiger partial charge < -0.3 is 118 Å². The number of nitrogens with zero attached hydrogens (tertiary/aromatic N) is 15. The Bertz CT molecular complexity index is 6880. The van der Waals surface area contributed by atoms with E-state index in [1.165, 1.54) is 51.4 Å². The second-order valence-corrected chi connectivity index (χ2v) is 59.1. The van der Waals surface area contributed by atoms with Gasteiger partial charge in [-0.2, -0.15) is 19.9 Å². The van der Waals surface area contributed by atoms with Gasteiger partial charge in [0.1, 0.15) is 80.9 Å². The number of benzene rings is 8. The second-order valence-electron chi connectivity index (χ2n) is 38.7. The zero-order valence-electron chi connectivity index (χ0n) is 86.6. The van der Waals surface area contributed by atoms with Crippen molar-refractivity contribution in [3.05, 3.63) is 209 Å². The lowest BCUT2D eigenvalue weighted by Crippen LogP contribution is -2.53. The lowest BCUT2D eigenvalue weighted by molar-refractivity contribution is 0.0878. The third kappa shape index (κ3) is 30.7. The van der Waals surface area contributed by atoms with Crippen LogP contribution in [0, 0.1) is 5.82 Å². The van der Waals surface area contributed by atoms with Crippen LogP contribution < -0.4 is 108 Å². The first kappa shape index (κ1) is 112. The number of hydrogen-bond donors (Lipinski definition) is 8. The average Bonchev–Trinajstić information content (AvgIpc) is 0.795. The molecule has 0 amide bonds. The summed E-state index contributed by atoms with van der Waals surface area (Å²) < 4.78 is 114. The van der Waals surface area contributed by atoms with Gasteiger partial charge in [0.05, 0.1) is 97.7 Å². The van der Waals surface area contributed by atoms with Crippen LogP contribution in [0.5, 0.6) is 23.0 Å². The van der Waals surface area contributed by atoms with Gasteiger partial charge in [-0.15, -0.1) is 0 Å². The van der Waals surface area contributed by atoms with E-state index in [1.807, 2.05) is 105 Å². The Morgan fingerprint density at radius 3 is 1.01 bits per heavy atom. The molecule has 0 aliphatic carbocycles. The fourth-order valence-corrected chi connectivity index (χ4v) is 23.8. The summed E-state index contributed by atoms with van der Waals surface area (Å²) in [5.41, 5.74) is 8.66. The Morgan fingerprint density at radius 2 is 0.658 bits per heavy atom. The molecule has 8 aromatic carbocycles. The quantitative estimate of drug-likeness (QED) is 0.0182. The molecule has 8 heterocycles. The molecule has 0 unspecified atom stereocenters. The van der Waals surface area contributed by atoms with E-state index in [4.69, 9.17) is 53.8 Å². The van der Waals surface area contributed by atoms with Crippen LogP contribution in [-0.2, 0) is 27.4 Å². The summed E-state index contributed by atoms with van der Waals surface area (Å²) in [5, 5.41) is 30.5. The van der Waals surface area contributed by atoms with Gasteiger partial charge in [-0.1, -0.05) is 78.1 Å². The molecule has 0 spiro atoms. The molecule has 43 heteroatoms. The smallest absolute Gasteiger partial charge is 0.229 e. The number of rotatable bonds is 32. The molecule has 0 saturated carbocycles. The van der Waals surface area contributed by atoms with Gasteiger partial charge in [0.25, 0.3) is 0 Å². The van der Waals surface area contributed by atoms with E-state index in [2.05, 4.69) is 156 Å². The molecule has 780 valence electrons. The van der Waals surface area contributed by atoms with E-state index in [0.717, 1.165) is 123 Å². The van der Waals surface area contributed by atoms with Crippen LogP contribution in [0.4, 0.5) is 114 Å². The number of piperidine rings is 1. The van der Waals surface area contributed by atoms with Gasteiger partial charge in [-0.3, -0.25) is 4.90 Å². The minimum Gasteiger partial charge on any atom is -0.495 e. The van der Waals surface area contributed by atoms with Gasteiger partial charge in [-0.25, -0.2) is 24.3 Å². The van der Waals surface area contributed by atoms with Crippen molar-refractivity contribution in [3.63, 3.8) is 0 Å². The van der Waals surface area contributed by atoms with E-state index < -0.39 is 48.7 Å². The lowest BCUT2D eigenvalue weighted by Gasteiger charge is -2.43. The van der Waals surface area contributed by atoms with Crippen molar-refractivity contribution < 1.29 is 50.7 Å². The maximum Gasteiger partial charge on any atom is 0.229 e. The van der Waals surface area contributed by atoms with Crippen molar-refractivity contribution in [1.82, 2.24) is 59.5 Å². The standard InChI is InChI=1S/C32H45ClN7O2P.C26H35ClN6O3P2.C24H30FN6O2P.C21H25ClN4O3P2/c1-6-38-17-19-40(20-18-38)24-13-15-39(16-14-24)25-11-12-27(29(21-25)42-23(2)3)36-32-34-22-26(33)31(37-32)35-28-9-7-8-10-30(28)43(4,5)41;1-32-11-13-33(14-12-32)18-7-9-21(23(15-18)36-2)30-26-28-17-20(27)25(31-26)29-22-10-8-19(37(3,4)34)16-24(22)38(5,6)35;1-30-11-13-31(14-12-30)17-9-10-19(21(15-17)33-2)28-24-26-16-18(25)23(29-24)27-20-7-5-6-8-22(20)34(3,4)32;1-29-18-12-14(30(2,3)27)10-11-16(18)25-21-23-13-15(22)20(26-21)24-17-8-6-7-9-19(17)31(4,5)28/h7-12,21-24H,6,13-20H2,1-5H3,(H2,34,35,36,37);7-10,15-17H,11-14H2,1-6H3,(H2,28,29,30,31);5-10,15-16H,11-14H2,1-4H3,(H2,26,27,28,29);6-13H,1-5H3,(H2,23,24,25,26). The van der Waals surface area contributed by atoms with Crippen molar-refractivity contribution in [2.45, 2.75) is 45.8 Å². The van der Waals surface area contributed by atoms with Crippen molar-refractivity contribution in [3.8, 4) is 23.0 Å². The summed E-state index contributed by atoms with van der Waals surface area (Å²) in [4.78, 5) is 52.1. The fourth-order valence-electron chi connectivity index (χ4n) is 16.9. The summed E-state index contributed by atoms with van der Waals surface area (Å²) >= 11 is 19.2. The molecule has 0 radical (unpaired) electrons. The van der Waals surface area contributed by atoms with Crippen LogP contribution in [0.2, 0.25) is 15.1 Å². The number of piperazine rings is 3. The molecule has 4 aliphatic heterocycles. The molecular weight excluding hydrogens is 2030 g/mol. The Balaban J connectivity index is 0.000000164. The van der Waals surface area contributed by atoms with Gasteiger partial charge in [0, 0.05) is 165 Å². The number of ether oxygens (including phenoxy) is 4. The first-order valence-corrected chi connectivity index (χ1v) is 64.9. The number of hydrogen-bond acceptors (Lipinski definition) is 33. The highest BCUT2D eigenvalue weighted by Crippen LogP contribution is 2.47. The number of nitrogens with one attached hydrogen (secondary N) is 8. The molecule has 8 N–H and O–H groups in total. The third-order valence-corrected chi connectivity index (χ3v) is 35.1. The number of likely N-dealkylation sites (N-methyl/N-ethyl adjacent to an activating group) is 3. The highest BCUT2D eigenvalue weighted by atomic mass is 35.5. The van der Waals surface area contributed by atoms with E-state index >= 15 is 0 Å². The van der Waals surface area contributed by atoms with Crippen LogP contribution in [-0.4, -0.2) is 285 Å². The van der Waals surface area contributed by atoms with Gasteiger partial charge in [0.15, 0.2) is 29.1 Å². The number of halogens is 4. The largest absolute Gasteiger partial charge is 0.495 e. The molecule has 0 atom stereocenters. The minimum atomic E-state index is -2.71. The summed E-state index contributed by atoms with van der Waals surface area (Å²) in [7, 11) is -6.21. The maximum atomic E-state index is 14.5. The van der Waals surface area contributed by atoms with E-state index in [0.29, 0.717) is 129 Å². The average molecular weight is 2170 g/mol. The molecule has 33 nitrogen and oxygen atoms in total. The van der Waals surface area contributed by atoms with Crippen LogP contribution in [0.1, 0.15) is 33.6 Å². The molecule has 4 fully saturated rings. The van der Waals surface area contributed by atoms with Crippen molar-refractivity contribution in [2.24, 2.45) is 0 Å². The Labute approximate surface area is 872 Å². The topological polar surface area (TPSA) is 361 Å². The Kier molecular flexibility index (Phi) is 38.1. The van der Waals surface area contributed by atoms with Crippen LogP contribution in [0.15, 0.2) is 189 Å². The van der Waals surface area contributed by atoms with Crippen LogP contribution >= 0.6 is 77.7 Å². The number of methoxy groups -OCH3 is 3. The maximum absolute atomic E-state index is 14.5. The lowest BCUT2D eigenvalue weighted by atomic mass is 10.0. The Hall–Kier alpha value is -10.9. The van der Waals surface area contributed by atoms with Gasteiger partial charge in [-0.05, 0) is 237 Å². The minimum absolute atomic E-state index is 0.00182. The molecule has 0 bridgehead atoms. The molecule has 4 aromatic heterocycles. The van der Waals surface area contributed by atoms with Crippen molar-refractivity contribution in [1.29, 1.82) is 0 Å². The van der Waals surface area contributed by atoms with E-state index in [1.54, 1.807) is 162 Å². The first-order valence-electron chi connectivity index (χ1n) is 48.1. The highest BCUT2D eigenvalue weighted by Gasteiger charge is 2.32. The zero-order chi connectivity index (χ0) is 105. The molecule has 4 saturated heterocycles. The third-order valence-electron chi connectivity index (χ3n) is 25.1. The normalized spacial score (nSPS) is 14.9. The molecule has 146 heavy (non-hydrogen) atoms. The number of anilines is 19. The monoisotopic (exact) mass is 2160 g/mol. The van der Waals surface area contributed by atoms with Gasteiger partial charge >= 0.3 is 0 Å². The Morgan fingerprint density at radius 1 is 0.349 bits per heavy atom. The molecule has 12 aromatic rings. The molecule has 16 rings (SSSR count). The van der Waals surface area contributed by atoms with Crippen molar-refractivity contribution >= 4 is 219 Å². The van der Waals surface area contributed by atoms with Crippen LogP contribution in [0.3, 0.4) is 0 Å².